The summed E-state index contributed by atoms with van der Waals surface area (Å²) < 4.78 is 36.1. The van der Waals surface area contributed by atoms with Gasteiger partial charge in [0.1, 0.15) is 23.2 Å². The van der Waals surface area contributed by atoms with Crippen molar-refractivity contribution in [3.05, 3.63) is 72.1 Å². The van der Waals surface area contributed by atoms with Crippen molar-refractivity contribution < 1.29 is 47.4 Å². The summed E-state index contributed by atoms with van der Waals surface area (Å²) in [6.45, 7) is 13.5. The van der Waals surface area contributed by atoms with Crippen molar-refractivity contribution in [2.45, 2.75) is 90.3 Å². The van der Waals surface area contributed by atoms with Gasteiger partial charge >= 0.3 is 12.2 Å². The van der Waals surface area contributed by atoms with E-state index >= 15 is 0 Å². The Morgan fingerprint density at radius 3 is 1.57 bits per heavy atom. The Morgan fingerprint density at radius 1 is 0.730 bits per heavy atom. The summed E-state index contributed by atoms with van der Waals surface area (Å²) in [5, 5.41) is 20.5. The van der Waals surface area contributed by atoms with Crippen LogP contribution in [0.4, 0.5) is 9.59 Å². The van der Waals surface area contributed by atoms with Crippen LogP contribution < -0.4 is 9.47 Å². The molecule has 8 heterocycles. The van der Waals surface area contributed by atoms with Crippen LogP contribution >= 0.6 is 0 Å². The summed E-state index contributed by atoms with van der Waals surface area (Å²) in [6.07, 6.45) is 11.2. The van der Waals surface area contributed by atoms with Crippen LogP contribution in [0, 0.1) is 0 Å². The van der Waals surface area contributed by atoms with E-state index in [4.69, 9.17) is 43.0 Å². The number of aldehydes is 1. The quantitative estimate of drug-likeness (QED) is 0.0668. The number of hydrogen-bond acceptors (Lipinski definition) is 15. The zero-order valence-electron chi connectivity index (χ0n) is 36.7. The maximum Gasteiger partial charge on any atom is 0.410 e. The van der Waals surface area contributed by atoms with Gasteiger partial charge in [0, 0.05) is 72.4 Å². The predicted molar refractivity (Wildman–Crippen MR) is 229 cm³/mol. The average Bonchev–Trinajstić information content (AvgIpc) is 4.09. The first kappa shape index (κ1) is 44.1. The van der Waals surface area contributed by atoms with E-state index in [1.165, 1.54) is 12.5 Å². The highest BCUT2D eigenvalue weighted by atomic mass is 16.6. The lowest BCUT2D eigenvalue weighted by Gasteiger charge is -2.34. The first-order valence-corrected chi connectivity index (χ1v) is 20.7. The first-order chi connectivity index (χ1) is 30.1. The molecule has 2 atom stereocenters. The molecule has 2 aliphatic heterocycles. The van der Waals surface area contributed by atoms with E-state index in [1.807, 2.05) is 53.7 Å². The van der Waals surface area contributed by atoms with Crippen LogP contribution in [0.1, 0.15) is 107 Å². The van der Waals surface area contributed by atoms with Gasteiger partial charge < -0.3 is 42.8 Å². The highest BCUT2D eigenvalue weighted by Gasteiger charge is 2.32. The van der Waals surface area contributed by atoms with Gasteiger partial charge in [-0.3, -0.25) is 4.79 Å². The van der Waals surface area contributed by atoms with Crippen LogP contribution in [0.3, 0.4) is 0 Å². The number of ether oxygens (including phenoxy) is 4. The number of carbonyl (C=O) groups is 3. The van der Waals surface area contributed by atoms with Crippen LogP contribution in [0.2, 0.25) is 0 Å². The molecule has 2 unspecified atom stereocenters. The minimum Gasteiger partial charge on any atom is -0.481 e. The predicted octanol–water partition coefficient (Wildman–Crippen LogP) is 7.85. The normalized spacial score (nSPS) is 17.1. The van der Waals surface area contributed by atoms with Gasteiger partial charge in [-0.15, -0.1) is 0 Å². The monoisotopic (exact) mass is 867 g/mol. The number of piperidine rings is 2. The number of aromatic nitrogens is 6. The molecule has 6 aromatic heterocycles. The largest absolute Gasteiger partial charge is 0.481 e. The van der Waals surface area contributed by atoms with Gasteiger partial charge in [-0.1, -0.05) is 5.16 Å². The molecule has 2 saturated heterocycles. The summed E-state index contributed by atoms with van der Waals surface area (Å²) in [7, 11) is 3.16. The Balaban J connectivity index is 0.000000189. The molecular weight excluding hydrogens is 815 g/mol. The van der Waals surface area contributed by atoms with Crippen molar-refractivity contribution in [3.63, 3.8) is 0 Å². The molecule has 0 radical (unpaired) electrons. The third-order valence-corrected chi connectivity index (χ3v) is 10.5. The van der Waals surface area contributed by atoms with Crippen LogP contribution in [0.5, 0.6) is 11.8 Å². The van der Waals surface area contributed by atoms with Crippen molar-refractivity contribution in [1.82, 2.24) is 39.0 Å². The Labute approximate surface area is 363 Å². The number of rotatable bonds is 8. The first-order valence-electron chi connectivity index (χ1n) is 20.7. The van der Waals surface area contributed by atoms with Gasteiger partial charge in [0.2, 0.25) is 11.8 Å². The van der Waals surface area contributed by atoms with Gasteiger partial charge in [-0.05, 0) is 79.4 Å². The van der Waals surface area contributed by atoms with E-state index in [9.17, 15) is 14.4 Å². The second-order valence-corrected chi connectivity index (χ2v) is 17.4. The maximum atomic E-state index is 12.6. The van der Waals surface area contributed by atoms with E-state index in [0.29, 0.717) is 66.8 Å². The molecule has 0 bridgehead atoms. The fraction of sp³-hybridized carbons (Fsp3) is 0.455. The summed E-state index contributed by atoms with van der Waals surface area (Å²) in [5.74, 6) is 1.81. The number of methoxy groups -OCH3 is 2. The molecule has 334 valence electrons. The molecule has 2 amide bonds. The SMILES string of the molecule is COc1cc(C2CCCN(C(=O)OC(C)(C)C)C2)nc2c(-c3coc(C=NO)c3)cnn12.COc1cc(C2CCCN(C(=O)OC(C)(C)C)C2)nc2c(-c3coc(C=O)c3)cnn12. The number of hydrogen-bond donors (Lipinski definition) is 1. The molecule has 19 heteroatoms. The van der Waals surface area contributed by atoms with E-state index < -0.39 is 11.2 Å². The topological polar surface area (TPSA) is 214 Å². The van der Waals surface area contributed by atoms with Gasteiger partial charge in [0.15, 0.2) is 23.3 Å². The van der Waals surface area contributed by atoms with Crippen LogP contribution in [0.25, 0.3) is 33.5 Å². The summed E-state index contributed by atoms with van der Waals surface area (Å²) in [6, 6.07) is 7.11. The number of nitrogens with zero attached hydrogens (tertiary/aromatic N) is 9. The van der Waals surface area contributed by atoms with E-state index in [1.54, 1.807) is 63.8 Å². The third-order valence-electron chi connectivity index (χ3n) is 10.5. The molecule has 1 N–H and O–H groups in total. The molecule has 19 nitrogen and oxygen atoms in total. The molecule has 0 aliphatic carbocycles. The Morgan fingerprint density at radius 2 is 1.17 bits per heavy atom. The zero-order valence-corrected chi connectivity index (χ0v) is 36.7. The smallest absolute Gasteiger partial charge is 0.410 e. The summed E-state index contributed by atoms with van der Waals surface area (Å²) in [5.41, 5.74) is 4.72. The number of likely N-dealkylation sites (tertiary alicyclic amines) is 2. The summed E-state index contributed by atoms with van der Waals surface area (Å²) in [4.78, 5) is 49.4. The fourth-order valence-electron chi connectivity index (χ4n) is 7.62. The van der Waals surface area contributed by atoms with Gasteiger partial charge in [0.05, 0.1) is 50.5 Å². The van der Waals surface area contributed by atoms with Crippen LogP contribution in [-0.4, -0.2) is 120 Å². The lowest BCUT2D eigenvalue weighted by Crippen LogP contribution is -2.42. The molecule has 6 aromatic rings. The second-order valence-electron chi connectivity index (χ2n) is 17.4. The number of furan rings is 2. The molecule has 0 spiro atoms. The Kier molecular flexibility index (Phi) is 12.8. The molecule has 8 rings (SSSR count). The van der Waals surface area contributed by atoms with E-state index in [0.717, 1.165) is 53.8 Å². The van der Waals surface area contributed by atoms with Gasteiger partial charge in [-0.25, -0.2) is 19.6 Å². The van der Waals surface area contributed by atoms with Crippen molar-refractivity contribution in [2.24, 2.45) is 5.16 Å². The van der Waals surface area contributed by atoms with E-state index in [-0.39, 0.29) is 29.8 Å². The number of amides is 2. The molecule has 63 heavy (non-hydrogen) atoms. The third kappa shape index (κ3) is 10.1. The van der Waals surface area contributed by atoms with Gasteiger partial charge in [-0.2, -0.15) is 19.2 Å². The Bertz CT molecular complexity index is 2610. The lowest BCUT2D eigenvalue weighted by molar-refractivity contribution is 0.0187. The number of fused-ring (bicyclic) bond motifs is 2. The van der Waals surface area contributed by atoms with Gasteiger partial charge in [0.25, 0.3) is 0 Å². The highest BCUT2D eigenvalue weighted by molar-refractivity contribution is 5.83. The zero-order chi connectivity index (χ0) is 45.1. The van der Waals surface area contributed by atoms with Crippen molar-refractivity contribution in [3.8, 4) is 34.0 Å². The molecule has 2 fully saturated rings. The standard InChI is InChI=1S/C22H27N5O5.C22H26N4O5/c1-22(2,3)32-21(28)26-7-5-6-14(12-26)18-9-19(30-4)27-20(25-18)17(11-23-27)15-8-16(10-24-29)31-13-15;1-22(2,3)31-21(28)25-7-5-6-14(11-25)18-9-19(29-4)26-20(24-18)17(10-23-26)15-8-16(12-27)30-13-15/h8-11,13-14,29H,5-7,12H2,1-4H3;8-10,12-14H,5-7,11H2,1-4H3. The molecule has 0 aromatic carbocycles. The number of carbonyl (C=O) groups excluding carboxylic acids is 3. The highest BCUT2D eigenvalue weighted by Crippen LogP contribution is 2.35. The Hall–Kier alpha value is -6.92. The minimum absolute atomic E-state index is 0.0396. The van der Waals surface area contributed by atoms with Crippen LogP contribution in [0.15, 0.2) is 63.2 Å². The van der Waals surface area contributed by atoms with Crippen LogP contribution in [-0.2, 0) is 9.47 Å². The van der Waals surface area contributed by atoms with Crippen molar-refractivity contribution in [1.29, 1.82) is 0 Å². The fourth-order valence-corrected chi connectivity index (χ4v) is 7.62. The number of oxime groups is 1. The molecule has 0 saturated carbocycles. The summed E-state index contributed by atoms with van der Waals surface area (Å²) >= 11 is 0. The minimum atomic E-state index is -0.541. The van der Waals surface area contributed by atoms with Crippen molar-refractivity contribution in [2.75, 3.05) is 40.4 Å². The maximum absolute atomic E-state index is 12.6. The lowest BCUT2D eigenvalue weighted by atomic mass is 9.94. The van der Waals surface area contributed by atoms with E-state index in [2.05, 4.69) is 15.4 Å². The average molecular weight is 868 g/mol. The molecular formula is C44H53N9O10. The second kappa shape index (κ2) is 18.2. The molecule has 2 aliphatic rings. The van der Waals surface area contributed by atoms with Crippen molar-refractivity contribution >= 4 is 36.0 Å².